The van der Waals surface area contributed by atoms with Gasteiger partial charge in [-0.1, -0.05) is 13.8 Å². The number of nitrogens with one attached hydrogen (secondary N) is 1. The molecule has 1 aliphatic rings. The highest BCUT2D eigenvalue weighted by Gasteiger charge is 2.26. The van der Waals surface area contributed by atoms with Crippen LogP contribution in [0.5, 0.6) is 0 Å². The smallest absolute Gasteiger partial charge is 0.254 e. The normalized spacial score (nSPS) is 15.2. The first-order valence-electron chi connectivity index (χ1n) is 6.78. The van der Waals surface area contributed by atoms with Crippen molar-refractivity contribution in [3.8, 4) is 0 Å². The summed E-state index contributed by atoms with van der Waals surface area (Å²) in [6.45, 7) is 4.10. The van der Waals surface area contributed by atoms with Crippen molar-refractivity contribution in [1.29, 1.82) is 0 Å². The second-order valence-electron chi connectivity index (χ2n) is 5.47. The minimum Gasteiger partial charge on any atom is -0.339 e. The average Bonchev–Trinajstić information content (AvgIpc) is 2.35. The van der Waals surface area contributed by atoms with E-state index in [0.717, 1.165) is 18.5 Å². The molecular weight excluding hydrogens is 240 g/mol. The van der Waals surface area contributed by atoms with Gasteiger partial charge in [-0.3, -0.25) is 4.79 Å². The molecule has 1 heterocycles. The standard InChI is InChI=1S/C14H22N4O/c1-9(2)12-7-10(8-13(16-12)17-15)14(19)18(3)11-5-4-6-11/h7-9,11H,4-6,15H2,1-3H3,(H,16,17). The molecule has 19 heavy (non-hydrogen) atoms. The molecule has 5 heteroatoms. The van der Waals surface area contributed by atoms with Crippen LogP contribution in [0.3, 0.4) is 0 Å². The molecule has 1 aromatic rings. The first kappa shape index (κ1) is 13.8. The molecule has 5 nitrogen and oxygen atoms in total. The summed E-state index contributed by atoms with van der Waals surface area (Å²) in [4.78, 5) is 18.7. The monoisotopic (exact) mass is 262 g/mol. The highest BCUT2D eigenvalue weighted by molar-refractivity contribution is 5.95. The first-order valence-corrected chi connectivity index (χ1v) is 6.78. The van der Waals surface area contributed by atoms with Gasteiger partial charge in [0.25, 0.3) is 5.91 Å². The zero-order valence-electron chi connectivity index (χ0n) is 11.8. The molecule has 0 spiro atoms. The summed E-state index contributed by atoms with van der Waals surface area (Å²) in [5.74, 6) is 6.27. The molecule has 0 unspecified atom stereocenters. The lowest BCUT2D eigenvalue weighted by Crippen LogP contribution is -2.41. The van der Waals surface area contributed by atoms with E-state index >= 15 is 0 Å². The largest absolute Gasteiger partial charge is 0.339 e. The third kappa shape index (κ3) is 2.87. The number of nitrogen functional groups attached to an aromatic ring is 1. The van der Waals surface area contributed by atoms with Crippen molar-refractivity contribution >= 4 is 11.7 Å². The fourth-order valence-corrected chi connectivity index (χ4v) is 2.19. The van der Waals surface area contributed by atoms with Crippen molar-refractivity contribution in [3.63, 3.8) is 0 Å². The topological polar surface area (TPSA) is 71.2 Å². The molecule has 1 saturated carbocycles. The van der Waals surface area contributed by atoms with Gasteiger partial charge in [-0.15, -0.1) is 0 Å². The van der Waals surface area contributed by atoms with Gasteiger partial charge in [-0.2, -0.15) is 0 Å². The van der Waals surface area contributed by atoms with Crippen molar-refractivity contribution < 1.29 is 4.79 Å². The van der Waals surface area contributed by atoms with E-state index in [1.807, 2.05) is 31.9 Å². The number of anilines is 1. The number of nitrogens with two attached hydrogens (primary N) is 1. The van der Waals surface area contributed by atoms with Crippen molar-refractivity contribution in [1.82, 2.24) is 9.88 Å². The number of amides is 1. The lowest BCUT2D eigenvalue weighted by Gasteiger charge is -2.34. The van der Waals surface area contributed by atoms with E-state index in [2.05, 4.69) is 10.4 Å². The minimum absolute atomic E-state index is 0.0468. The van der Waals surface area contributed by atoms with Crippen LogP contribution in [0.1, 0.15) is 55.1 Å². The second kappa shape index (κ2) is 5.57. The van der Waals surface area contributed by atoms with Gasteiger partial charge in [0.05, 0.1) is 0 Å². The van der Waals surface area contributed by atoms with Crippen LogP contribution < -0.4 is 11.3 Å². The Hall–Kier alpha value is -1.62. The molecule has 1 amide bonds. The van der Waals surface area contributed by atoms with Crippen LogP contribution in [0.15, 0.2) is 12.1 Å². The Morgan fingerprint density at radius 1 is 1.47 bits per heavy atom. The summed E-state index contributed by atoms with van der Waals surface area (Å²) in [5, 5.41) is 0. The van der Waals surface area contributed by atoms with Crippen LogP contribution in [0.2, 0.25) is 0 Å². The number of hydrazine groups is 1. The maximum atomic E-state index is 12.5. The SMILES string of the molecule is CC(C)c1cc(C(=O)N(C)C2CCC2)cc(NN)n1. The number of pyridine rings is 1. The highest BCUT2D eigenvalue weighted by Crippen LogP contribution is 2.26. The van der Waals surface area contributed by atoms with Gasteiger partial charge in [0.2, 0.25) is 0 Å². The lowest BCUT2D eigenvalue weighted by atomic mass is 9.91. The van der Waals surface area contributed by atoms with Gasteiger partial charge >= 0.3 is 0 Å². The zero-order valence-corrected chi connectivity index (χ0v) is 11.8. The average molecular weight is 262 g/mol. The Morgan fingerprint density at radius 3 is 2.63 bits per heavy atom. The summed E-state index contributed by atoms with van der Waals surface area (Å²) < 4.78 is 0. The molecule has 104 valence electrons. The number of nitrogens with zero attached hydrogens (tertiary/aromatic N) is 2. The van der Waals surface area contributed by atoms with E-state index in [0.29, 0.717) is 17.4 Å². The zero-order chi connectivity index (χ0) is 14.0. The van der Waals surface area contributed by atoms with Crippen molar-refractivity contribution in [3.05, 3.63) is 23.4 Å². The summed E-state index contributed by atoms with van der Waals surface area (Å²) >= 11 is 0. The van der Waals surface area contributed by atoms with E-state index in [9.17, 15) is 4.79 Å². The fraction of sp³-hybridized carbons (Fsp3) is 0.571. The predicted molar refractivity (Wildman–Crippen MR) is 75.9 cm³/mol. The number of hydrogen-bond acceptors (Lipinski definition) is 4. The Balaban J connectivity index is 2.26. The van der Waals surface area contributed by atoms with E-state index in [-0.39, 0.29) is 11.8 Å². The highest BCUT2D eigenvalue weighted by atomic mass is 16.2. The molecule has 3 N–H and O–H groups in total. The van der Waals surface area contributed by atoms with Crippen molar-refractivity contribution in [2.45, 2.75) is 45.1 Å². The molecular formula is C14H22N4O. The van der Waals surface area contributed by atoms with Crippen LogP contribution in [-0.4, -0.2) is 28.9 Å². The van der Waals surface area contributed by atoms with Gasteiger partial charge in [0.15, 0.2) is 0 Å². The molecule has 2 rings (SSSR count). The third-order valence-electron chi connectivity index (χ3n) is 3.77. The van der Waals surface area contributed by atoms with Gasteiger partial charge < -0.3 is 10.3 Å². The maximum absolute atomic E-state index is 12.5. The van der Waals surface area contributed by atoms with E-state index in [1.54, 1.807) is 6.07 Å². The van der Waals surface area contributed by atoms with E-state index in [1.165, 1.54) is 6.42 Å². The molecule has 1 aliphatic carbocycles. The maximum Gasteiger partial charge on any atom is 0.254 e. The number of hydrogen-bond donors (Lipinski definition) is 2. The Labute approximate surface area is 114 Å². The molecule has 0 radical (unpaired) electrons. The molecule has 0 aromatic carbocycles. The molecule has 0 saturated heterocycles. The number of rotatable bonds is 4. The summed E-state index contributed by atoms with van der Waals surface area (Å²) in [7, 11) is 1.87. The lowest BCUT2D eigenvalue weighted by molar-refractivity contribution is 0.0652. The van der Waals surface area contributed by atoms with Crippen LogP contribution in [-0.2, 0) is 0 Å². The van der Waals surface area contributed by atoms with Gasteiger partial charge in [0.1, 0.15) is 5.82 Å². The predicted octanol–water partition coefficient (Wildman–Crippen LogP) is 2.12. The van der Waals surface area contributed by atoms with Gasteiger partial charge in [-0.05, 0) is 37.3 Å². The molecule has 0 aliphatic heterocycles. The van der Waals surface area contributed by atoms with Crippen molar-refractivity contribution in [2.24, 2.45) is 5.84 Å². The quantitative estimate of drug-likeness (QED) is 0.644. The Morgan fingerprint density at radius 2 is 2.16 bits per heavy atom. The third-order valence-corrected chi connectivity index (χ3v) is 3.77. The van der Waals surface area contributed by atoms with E-state index in [4.69, 9.17) is 5.84 Å². The van der Waals surface area contributed by atoms with Crippen LogP contribution in [0, 0.1) is 0 Å². The molecule has 1 fully saturated rings. The number of aromatic nitrogens is 1. The molecule has 1 aromatic heterocycles. The fourth-order valence-electron chi connectivity index (χ4n) is 2.19. The first-order chi connectivity index (χ1) is 9.02. The minimum atomic E-state index is 0.0468. The van der Waals surface area contributed by atoms with Crippen LogP contribution >= 0.6 is 0 Å². The summed E-state index contributed by atoms with van der Waals surface area (Å²) in [5.41, 5.74) is 4.06. The summed E-state index contributed by atoms with van der Waals surface area (Å²) in [6, 6.07) is 3.96. The van der Waals surface area contributed by atoms with Crippen LogP contribution in [0.25, 0.3) is 0 Å². The van der Waals surface area contributed by atoms with Crippen LogP contribution in [0.4, 0.5) is 5.82 Å². The summed E-state index contributed by atoms with van der Waals surface area (Å²) in [6.07, 6.45) is 3.42. The Kier molecular flexibility index (Phi) is 4.04. The second-order valence-corrected chi connectivity index (χ2v) is 5.47. The Bertz CT molecular complexity index is 469. The number of carbonyl (C=O) groups is 1. The molecule has 0 bridgehead atoms. The van der Waals surface area contributed by atoms with Gasteiger partial charge in [0, 0.05) is 24.3 Å². The van der Waals surface area contributed by atoms with Crippen molar-refractivity contribution in [2.75, 3.05) is 12.5 Å². The number of carbonyl (C=O) groups excluding carboxylic acids is 1. The molecule has 0 atom stereocenters. The van der Waals surface area contributed by atoms with E-state index < -0.39 is 0 Å². The van der Waals surface area contributed by atoms with Gasteiger partial charge in [-0.25, -0.2) is 10.8 Å².